The Morgan fingerprint density at radius 2 is 2.12 bits per heavy atom. The van der Waals surface area contributed by atoms with E-state index in [4.69, 9.17) is 0 Å². The normalized spacial score (nSPS) is 15.5. The van der Waals surface area contributed by atoms with Crippen molar-refractivity contribution < 1.29 is 14.4 Å². The van der Waals surface area contributed by atoms with E-state index < -0.39 is 17.8 Å². The second-order valence-corrected chi connectivity index (χ2v) is 3.33. The largest absolute Gasteiger partial charge is 0.331 e. The number of hydrogen-bond donors (Lipinski definition) is 1. The van der Waals surface area contributed by atoms with E-state index in [1.165, 1.54) is 0 Å². The minimum Gasteiger partial charge on any atom is -0.269 e. The molecule has 6 heteroatoms. The van der Waals surface area contributed by atoms with Crippen molar-refractivity contribution in [2.24, 2.45) is 0 Å². The zero-order chi connectivity index (χ0) is 11.5. The number of urea groups is 1. The average Bonchev–Trinajstić information content (AvgIpc) is 2.53. The number of nitrogens with one attached hydrogen (secondary N) is 1. The van der Waals surface area contributed by atoms with Gasteiger partial charge in [-0.15, -0.1) is 0 Å². The number of rotatable bonds is 3. The molecule has 6 nitrogen and oxygen atoms in total. The first kappa shape index (κ1) is 10.3. The Morgan fingerprint density at radius 1 is 1.31 bits per heavy atom. The molecule has 1 fully saturated rings. The molecule has 82 valence electrons. The fourth-order valence-electron chi connectivity index (χ4n) is 1.42. The standard InChI is InChI=1S/C10H9N3O3/c14-8-9(15)13(10(16)12-8)5-3-7-2-1-4-11-6-7/h1-2,4,6H,3,5H2,(H,12,14,16). The number of carbonyl (C=O) groups is 3. The lowest BCUT2D eigenvalue weighted by molar-refractivity contribution is -0.140. The van der Waals surface area contributed by atoms with Gasteiger partial charge in [-0.1, -0.05) is 6.07 Å². The summed E-state index contributed by atoms with van der Waals surface area (Å²) in [4.78, 5) is 38.1. The summed E-state index contributed by atoms with van der Waals surface area (Å²) in [5.74, 6) is -1.66. The van der Waals surface area contributed by atoms with E-state index in [0.29, 0.717) is 6.42 Å². The minimum absolute atomic E-state index is 0.183. The van der Waals surface area contributed by atoms with Crippen LogP contribution in [0.5, 0.6) is 0 Å². The molecule has 1 saturated heterocycles. The third-order valence-corrected chi connectivity index (χ3v) is 2.25. The van der Waals surface area contributed by atoms with Crippen molar-refractivity contribution in [1.29, 1.82) is 0 Å². The molecule has 0 bridgehead atoms. The quantitative estimate of drug-likeness (QED) is 0.559. The molecule has 1 aromatic heterocycles. The van der Waals surface area contributed by atoms with Crippen molar-refractivity contribution in [3.63, 3.8) is 0 Å². The maximum absolute atomic E-state index is 11.2. The van der Waals surface area contributed by atoms with Crippen molar-refractivity contribution >= 4 is 17.8 Å². The maximum atomic E-state index is 11.2. The highest BCUT2D eigenvalue weighted by Gasteiger charge is 2.36. The van der Waals surface area contributed by atoms with Gasteiger partial charge in [-0.25, -0.2) is 4.79 Å². The maximum Gasteiger partial charge on any atom is 0.331 e. The van der Waals surface area contributed by atoms with Crippen LogP contribution in [0.25, 0.3) is 0 Å². The Kier molecular flexibility index (Phi) is 2.63. The molecule has 2 rings (SSSR count). The number of carbonyl (C=O) groups excluding carboxylic acids is 3. The van der Waals surface area contributed by atoms with Gasteiger partial charge >= 0.3 is 17.8 Å². The molecule has 0 aliphatic carbocycles. The number of nitrogens with zero attached hydrogens (tertiary/aromatic N) is 2. The summed E-state index contributed by atoms with van der Waals surface area (Å²) in [6.45, 7) is 0.183. The van der Waals surface area contributed by atoms with Crippen molar-refractivity contribution in [3.05, 3.63) is 30.1 Å². The number of hydrogen-bond acceptors (Lipinski definition) is 4. The monoisotopic (exact) mass is 219 g/mol. The lowest BCUT2D eigenvalue weighted by Gasteiger charge is -2.10. The molecule has 1 aliphatic heterocycles. The highest BCUT2D eigenvalue weighted by Crippen LogP contribution is 2.04. The van der Waals surface area contributed by atoms with Gasteiger partial charge in [0, 0.05) is 18.9 Å². The van der Waals surface area contributed by atoms with Gasteiger partial charge in [0.2, 0.25) is 0 Å². The van der Waals surface area contributed by atoms with Crippen LogP contribution in [-0.4, -0.2) is 34.3 Å². The van der Waals surface area contributed by atoms with Crippen LogP contribution in [0.2, 0.25) is 0 Å². The summed E-state index contributed by atoms with van der Waals surface area (Å²) >= 11 is 0. The molecule has 0 saturated carbocycles. The fourth-order valence-corrected chi connectivity index (χ4v) is 1.42. The molecular formula is C10H9N3O3. The Hall–Kier alpha value is -2.24. The molecule has 0 unspecified atom stereocenters. The minimum atomic E-state index is -0.865. The highest BCUT2D eigenvalue weighted by atomic mass is 16.2. The number of pyridine rings is 1. The van der Waals surface area contributed by atoms with Crippen LogP contribution < -0.4 is 5.32 Å². The predicted octanol–water partition coefficient (Wildman–Crippen LogP) is -0.298. The first-order valence-corrected chi connectivity index (χ1v) is 4.74. The molecule has 0 aromatic carbocycles. The van der Waals surface area contributed by atoms with Gasteiger partial charge in [0.25, 0.3) is 0 Å². The summed E-state index contributed by atoms with van der Waals surface area (Å²) < 4.78 is 0. The van der Waals surface area contributed by atoms with Crippen molar-refractivity contribution in [2.45, 2.75) is 6.42 Å². The summed E-state index contributed by atoms with van der Waals surface area (Å²) in [6, 6.07) is 2.96. The second kappa shape index (κ2) is 4.09. The Morgan fingerprint density at radius 3 is 2.69 bits per heavy atom. The van der Waals surface area contributed by atoms with Gasteiger partial charge in [-0.3, -0.25) is 24.8 Å². The summed E-state index contributed by atoms with van der Waals surface area (Å²) in [5, 5.41) is 1.94. The molecule has 1 aliphatic rings. The third kappa shape index (κ3) is 1.90. The average molecular weight is 219 g/mol. The molecule has 1 aromatic rings. The Balaban J connectivity index is 1.99. The van der Waals surface area contributed by atoms with Crippen LogP contribution in [0.15, 0.2) is 24.5 Å². The zero-order valence-electron chi connectivity index (χ0n) is 8.34. The Bertz CT molecular complexity index is 444. The van der Waals surface area contributed by atoms with Crippen LogP contribution in [0, 0.1) is 0 Å². The van der Waals surface area contributed by atoms with Gasteiger partial charge in [-0.2, -0.15) is 0 Å². The molecule has 1 N–H and O–H groups in total. The lowest BCUT2D eigenvalue weighted by atomic mass is 10.2. The van der Waals surface area contributed by atoms with Crippen LogP contribution in [-0.2, 0) is 16.0 Å². The van der Waals surface area contributed by atoms with E-state index in [0.717, 1.165) is 10.5 Å². The lowest BCUT2D eigenvalue weighted by Crippen LogP contribution is -2.32. The number of amides is 4. The van der Waals surface area contributed by atoms with Crippen molar-refractivity contribution in [2.75, 3.05) is 6.54 Å². The highest BCUT2D eigenvalue weighted by molar-refractivity contribution is 6.44. The zero-order valence-corrected chi connectivity index (χ0v) is 8.34. The first-order valence-electron chi connectivity index (χ1n) is 4.74. The van der Waals surface area contributed by atoms with Crippen LogP contribution in [0.3, 0.4) is 0 Å². The molecular weight excluding hydrogens is 210 g/mol. The second-order valence-electron chi connectivity index (χ2n) is 3.33. The van der Waals surface area contributed by atoms with Gasteiger partial charge in [0.15, 0.2) is 0 Å². The SMILES string of the molecule is O=C1NC(=O)N(CCc2cccnc2)C1=O. The number of imide groups is 2. The van der Waals surface area contributed by atoms with Crippen LogP contribution in [0.4, 0.5) is 4.79 Å². The van der Waals surface area contributed by atoms with E-state index in [2.05, 4.69) is 4.98 Å². The van der Waals surface area contributed by atoms with E-state index in [-0.39, 0.29) is 6.54 Å². The first-order chi connectivity index (χ1) is 7.68. The summed E-state index contributed by atoms with van der Waals surface area (Å²) in [6.07, 6.45) is 3.78. The van der Waals surface area contributed by atoms with E-state index >= 15 is 0 Å². The predicted molar refractivity (Wildman–Crippen MR) is 53.2 cm³/mol. The number of aromatic nitrogens is 1. The van der Waals surface area contributed by atoms with E-state index in [1.54, 1.807) is 18.5 Å². The smallest absolute Gasteiger partial charge is 0.269 e. The van der Waals surface area contributed by atoms with Crippen molar-refractivity contribution in [1.82, 2.24) is 15.2 Å². The van der Waals surface area contributed by atoms with Crippen molar-refractivity contribution in [3.8, 4) is 0 Å². The molecule has 0 atom stereocenters. The van der Waals surface area contributed by atoms with Crippen LogP contribution in [0.1, 0.15) is 5.56 Å². The molecule has 4 amide bonds. The molecule has 16 heavy (non-hydrogen) atoms. The molecule has 0 radical (unpaired) electrons. The van der Waals surface area contributed by atoms with E-state index in [1.807, 2.05) is 11.4 Å². The summed E-state index contributed by atoms with van der Waals surface area (Å²) in [5.41, 5.74) is 0.905. The van der Waals surface area contributed by atoms with Crippen LogP contribution >= 0.6 is 0 Å². The van der Waals surface area contributed by atoms with Gasteiger partial charge in [0.05, 0.1) is 0 Å². The summed E-state index contributed by atoms with van der Waals surface area (Å²) in [7, 11) is 0. The molecule has 2 heterocycles. The Labute approximate surface area is 91.3 Å². The van der Waals surface area contributed by atoms with Gasteiger partial charge in [-0.05, 0) is 18.1 Å². The molecule has 0 spiro atoms. The van der Waals surface area contributed by atoms with Gasteiger partial charge in [0.1, 0.15) is 0 Å². The third-order valence-electron chi connectivity index (χ3n) is 2.25. The van der Waals surface area contributed by atoms with Gasteiger partial charge < -0.3 is 0 Å². The topological polar surface area (TPSA) is 79.4 Å². The van der Waals surface area contributed by atoms with E-state index in [9.17, 15) is 14.4 Å². The fraction of sp³-hybridized carbons (Fsp3) is 0.200.